The van der Waals surface area contributed by atoms with Gasteiger partial charge in [-0.2, -0.15) is 18.4 Å². The number of halogens is 3. The number of nitriles is 1. The van der Waals surface area contributed by atoms with E-state index < -0.39 is 11.7 Å². The third-order valence-corrected chi connectivity index (χ3v) is 7.10. The first-order valence-corrected chi connectivity index (χ1v) is 12.3. The van der Waals surface area contributed by atoms with Gasteiger partial charge in [0, 0.05) is 18.3 Å². The van der Waals surface area contributed by atoms with E-state index in [0.29, 0.717) is 29.8 Å². The molecule has 35 heavy (non-hydrogen) atoms. The molecule has 0 spiro atoms. The van der Waals surface area contributed by atoms with Gasteiger partial charge in [0.15, 0.2) is 0 Å². The number of hydrogen-bond donors (Lipinski definition) is 2. The van der Waals surface area contributed by atoms with Crippen LogP contribution in [0.25, 0.3) is 5.57 Å². The van der Waals surface area contributed by atoms with Crippen molar-refractivity contribution >= 4 is 11.3 Å². The lowest BCUT2D eigenvalue weighted by Crippen LogP contribution is -2.65. The van der Waals surface area contributed by atoms with Gasteiger partial charge in [-0.05, 0) is 68.7 Å². The van der Waals surface area contributed by atoms with Gasteiger partial charge >= 0.3 is 6.18 Å². The van der Waals surface area contributed by atoms with E-state index >= 15 is 0 Å². The van der Waals surface area contributed by atoms with Crippen LogP contribution in [-0.2, 0) is 0 Å². The molecule has 0 aromatic heterocycles. The Morgan fingerprint density at radius 1 is 1.17 bits per heavy atom. The molecule has 7 heteroatoms. The van der Waals surface area contributed by atoms with Gasteiger partial charge in [0.1, 0.15) is 11.6 Å². The number of nitrogens with one attached hydrogen (secondary N) is 2. The van der Waals surface area contributed by atoms with Crippen LogP contribution in [0.15, 0.2) is 52.8 Å². The molecule has 2 N–H and O–H groups in total. The molecule has 188 valence electrons. The molecule has 2 fully saturated rings. The van der Waals surface area contributed by atoms with Crippen molar-refractivity contribution in [2.45, 2.75) is 84.4 Å². The quantitative estimate of drug-likeness (QED) is 0.342. The lowest BCUT2D eigenvalue weighted by molar-refractivity contribution is -0.221. The van der Waals surface area contributed by atoms with E-state index in [1.54, 1.807) is 6.08 Å². The maximum absolute atomic E-state index is 13.3. The summed E-state index contributed by atoms with van der Waals surface area (Å²) in [5.74, 6) is 1.06. The summed E-state index contributed by atoms with van der Waals surface area (Å²) in [4.78, 5) is 4.43. The summed E-state index contributed by atoms with van der Waals surface area (Å²) in [6, 6.07) is 8.19. The first kappa shape index (κ1) is 26.7. The number of nitrogens with zero attached hydrogens (tertiary/aromatic N) is 2. The van der Waals surface area contributed by atoms with Crippen LogP contribution in [0.1, 0.15) is 75.5 Å². The average molecular weight is 485 g/mol. The summed E-state index contributed by atoms with van der Waals surface area (Å²) in [6.45, 7) is 8.10. The van der Waals surface area contributed by atoms with Crippen molar-refractivity contribution in [2.75, 3.05) is 0 Å². The fourth-order valence-corrected chi connectivity index (χ4v) is 4.24. The molecule has 0 amide bonds. The summed E-state index contributed by atoms with van der Waals surface area (Å²) in [5, 5.41) is 9.75. The molecule has 3 aliphatic rings. The highest BCUT2D eigenvalue weighted by atomic mass is 19.4. The average Bonchev–Trinajstić information content (AvgIpc) is 2.98. The van der Waals surface area contributed by atoms with Crippen LogP contribution in [-0.4, -0.2) is 17.4 Å². The first-order valence-electron chi connectivity index (χ1n) is 12.3. The summed E-state index contributed by atoms with van der Waals surface area (Å²) < 4.78 is 39.9. The first-order chi connectivity index (χ1) is 16.6. The lowest BCUT2D eigenvalue weighted by Gasteiger charge is -2.43. The van der Waals surface area contributed by atoms with Gasteiger partial charge in [0.05, 0.1) is 11.3 Å². The molecule has 1 aromatic rings. The minimum atomic E-state index is -4.30. The van der Waals surface area contributed by atoms with Crippen molar-refractivity contribution in [3.8, 4) is 6.07 Å². The molecule has 1 aromatic carbocycles. The molecule has 1 heterocycles. The summed E-state index contributed by atoms with van der Waals surface area (Å²) in [7, 11) is 0. The molecule has 2 saturated carbocycles. The van der Waals surface area contributed by atoms with Gasteiger partial charge in [0.2, 0.25) is 0 Å². The van der Waals surface area contributed by atoms with E-state index in [1.165, 1.54) is 25.5 Å². The number of allylic oxidation sites excluding steroid dienone is 4. The molecule has 0 unspecified atom stereocenters. The highest BCUT2D eigenvalue weighted by Gasteiger charge is 2.58. The van der Waals surface area contributed by atoms with Crippen LogP contribution < -0.4 is 10.9 Å². The van der Waals surface area contributed by atoms with Crippen molar-refractivity contribution in [2.24, 2.45) is 10.9 Å². The zero-order chi connectivity index (χ0) is 25.6. The van der Waals surface area contributed by atoms with E-state index in [1.807, 2.05) is 45.0 Å². The van der Waals surface area contributed by atoms with Crippen LogP contribution in [0, 0.1) is 31.1 Å². The highest BCUT2D eigenvalue weighted by Crippen LogP contribution is 2.44. The van der Waals surface area contributed by atoms with Gasteiger partial charge in [-0.25, -0.2) is 5.43 Å². The molecule has 0 radical (unpaired) electrons. The van der Waals surface area contributed by atoms with Gasteiger partial charge < -0.3 is 5.43 Å². The molecule has 0 bridgehead atoms. The number of aryl methyl sites for hydroxylation is 2. The van der Waals surface area contributed by atoms with Gasteiger partial charge in [-0.1, -0.05) is 56.0 Å². The topological polar surface area (TPSA) is 60.2 Å². The van der Waals surface area contributed by atoms with E-state index in [9.17, 15) is 18.4 Å². The largest absolute Gasteiger partial charge is 0.408 e. The minimum absolute atomic E-state index is 0.0599. The molecule has 4 rings (SSSR count). The van der Waals surface area contributed by atoms with Crippen LogP contribution >= 0.6 is 0 Å². The zero-order valence-electron chi connectivity index (χ0n) is 21.0. The van der Waals surface area contributed by atoms with Gasteiger partial charge in [-0.15, -0.1) is 0 Å². The van der Waals surface area contributed by atoms with Crippen LogP contribution in [0.5, 0.6) is 0 Å². The van der Waals surface area contributed by atoms with E-state index in [-0.39, 0.29) is 12.8 Å². The Kier molecular flexibility index (Phi) is 8.60. The fourth-order valence-electron chi connectivity index (χ4n) is 4.24. The number of aliphatic imine (C=N–C) groups is 1. The Balaban J connectivity index is 0.000000607. The van der Waals surface area contributed by atoms with E-state index in [4.69, 9.17) is 0 Å². The minimum Gasteiger partial charge on any atom is -0.323 e. The second-order valence-corrected chi connectivity index (χ2v) is 9.92. The number of alkyl halides is 3. The van der Waals surface area contributed by atoms with Crippen molar-refractivity contribution in [3.05, 3.63) is 64.5 Å². The van der Waals surface area contributed by atoms with Crippen LogP contribution in [0.4, 0.5) is 13.2 Å². The monoisotopic (exact) mass is 484 g/mol. The lowest BCUT2D eigenvalue weighted by atomic mass is 9.77. The smallest absolute Gasteiger partial charge is 0.323 e. The summed E-state index contributed by atoms with van der Waals surface area (Å²) >= 11 is 0. The highest BCUT2D eigenvalue weighted by molar-refractivity contribution is 6.14. The van der Waals surface area contributed by atoms with Crippen LogP contribution in [0.2, 0.25) is 0 Å². The predicted molar refractivity (Wildman–Crippen MR) is 135 cm³/mol. The van der Waals surface area contributed by atoms with Crippen molar-refractivity contribution in [1.29, 1.82) is 5.26 Å². The number of hydrogen-bond acceptors (Lipinski definition) is 4. The third kappa shape index (κ3) is 6.43. The van der Waals surface area contributed by atoms with Crippen molar-refractivity contribution in [1.82, 2.24) is 10.9 Å². The molecule has 1 aliphatic heterocycles. The van der Waals surface area contributed by atoms with Crippen molar-refractivity contribution < 1.29 is 13.2 Å². The van der Waals surface area contributed by atoms with Gasteiger partial charge in [-0.3, -0.25) is 4.99 Å². The second kappa shape index (κ2) is 11.3. The summed E-state index contributed by atoms with van der Waals surface area (Å²) in [6.07, 6.45) is 6.38. The normalized spacial score (nSPS) is 19.9. The molecular weight excluding hydrogens is 449 g/mol. The number of hydrazine groups is 1. The Morgan fingerprint density at radius 2 is 1.86 bits per heavy atom. The molecule has 0 saturated heterocycles. The number of rotatable bonds is 5. The van der Waals surface area contributed by atoms with E-state index in [2.05, 4.69) is 28.8 Å². The molecule has 4 nitrogen and oxygen atoms in total. The Hall–Kier alpha value is -2.85. The van der Waals surface area contributed by atoms with Crippen LogP contribution in [0.3, 0.4) is 0 Å². The molecular formula is C28H35F3N4. The number of benzene rings is 1. The standard InChI is InChI=1S/C23H25F3N4.C5H10/c1-15-8-9-19(16(2)12-15)20(13-27)17(3)21-7-4-6-18(14-28-21)29-30-22(10-5-11-22)23(24,25)26;1-5-3-2-4-5/h4,7-9,12,14,29-30H,5-6,10-11H2,1-3H3;5H,2-4H2,1H3/b20-17+;. The third-order valence-electron chi connectivity index (χ3n) is 7.10. The zero-order valence-corrected chi connectivity index (χ0v) is 21.0. The maximum Gasteiger partial charge on any atom is 0.408 e. The second-order valence-electron chi connectivity index (χ2n) is 9.92. The molecule has 0 atom stereocenters. The van der Waals surface area contributed by atoms with Crippen molar-refractivity contribution in [3.63, 3.8) is 0 Å². The van der Waals surface area contributed by atoms with E-state index in [0.717, 1.165) is 28.2 Å². The predicted octanol–water partition coefficient (Wildman–Crippen LogP) is 7.23. The summed E-state index contributed by atoms with van der Waals surface area (Å²) in [5.41, 5.74) is 8.68. The fraction of sp³-hybridized carbons (Fsp3) is 0.500. The van der Waals surface area contributed by atoms with Gasteiger partial charge in [0.25, 0.3) is 0 Å². The Labute approximate surface area is 206 Å². The Bertz CT molecular complexity index is 1080. The maximum atomic E-state index is 13.3. The SMILES string of the molecule is C/C(C1=NC=C(NNC2(C(F)(F)F)CCC2)CC=C1)=C(/C#N)c1ccc(C)cc1C.CC1CCC1. The Morgan fingerprint density at radius 3 is 2.34 bits per heavy atom. The molecule has 2 aliphatic carbocycles.